The standard InChI is InChI=1S/C23H18N6O/c1-15-12-22(20-10-11-24-13-21(20)25-15)30-14-16-6-8-17(9-7-16)18-4-2-3-5-19(18)23-26-28-29-27-23/h2-13H,14H2,1H3,(H,26,27,28,29). The third-order valence-electron chi connectivity index (χ3n) is 4.87. The molecule has 0 aliphatic carbocycles. The van der Waals surface area contributed by atoms with Gasteiger partial charge < -0.3 is 4.74 Å². The summed E-state index contributed by atoms with van der Waals surface area (Å²) in [5.41, 5.74) is 5.87. The Morgan fingerprint density at radius 1 is 0.967 bits per heavy atom. The monoisotopic (exact) mass is 394 g/mol. The third kappa shape index (κ3) is 3.48. The number of benzene rings is 2. The van der Waals surface area contributed by atoms with Crippen LogP contribution >= 0.6 is 0 Å². The molecule has 0 saturated heterocycles. The van der Waals surface area contributed by atoms with Crippen molar-refractivity contribution in [3.63, 3.8) is 0 Å². The van der Waals surface area contributed by atoms with Crippen molar-refractivity contribution in [2.75, 3.05) is 0 Å². The highest BCUT2D eigenvalue weighted by molar-refractivity contribution is 5.84. The fourth-order valence-electron chi connectivity index (χ4n) is 3.44. The summed E-state index contributed by atoms with van der Waals surface area (Å²) >= 11 is 0. The first kappa shape index (κ1) is 17.9. The van der Waals surface area contributed by atoms with E-state index in [-0.39, 0.29) is 0 Å². The minimum absolute atomic E-state index is 0.466. The molecule has 0 bridgehead atoms. The van der Waals surface area contributed by atoms with Crippen molar-refractivity contribution in [2.24, 2.45) is 0 Å². The zero-order valence-electron chi connectivity index (χ0n) is 16.3. The Morgan fingerprint density at radius 2 is 1.80 bits per heavy atom. The molecule has 0 aliphatic rings. The van der Waals surface area contributed by atoms with Crippen LogP contribution < -0.4 is 4.74 Å². The summed E-state index contributed by atoms with van der Waals surface area (Å²) in [7, 11) is 0. The number of rotatable bonds is 5. The molecule has 3 heterocycles. The number of pyridine rings is 2. The zero-order valence-corrected chi connectivity index (χ0v) is 16.3. The van der Waals surface area contributed by atoms with Crippen molar-refractivity contribution in [1.29, 1.82) is 0 Å². The Labute approximate surface area is 172 Å². The van der Waals surface area contributed by atoms with Gasteiger partial charge in [0, 0.05) is 28.9 Å². The number of tetrazole rings is 1. The van der Waals surface area contributed by atoms with E-state index < -0.39 is 0 Å². The van der Waals surface area contributed by atoms with E-state index in [1.165, 1.54) is 0 Å². The summed E-state index contributed by atoms with van der Waals surface area (Å²) in [6.45, 7) is 2.42. The van der Waals surface area contributed by atoms with E-state index >= 15 is 0 Å². The number of H-pyrrole nitrogens is 1. The number of nitrogens with one attached hydrogen (secondary N) is 1. The van der Waals surface area contributed by atoms with Crippen molar-refractivity contribution >= 4 is 10.9 Å². The average Bonchev–Trinajstić information content (AvgIpc) is 3.33. The molecule has 0 atom stereocenters. The molecule has 0 unspecified atom stereocenters. The fourth-order valence-corrected chi connectivity index (χ4v) is 3.44. The van der Waals surface area contributed by atoms with Crippen molar-refractivity contribution in [3.8, 4) is 28.3 Å². The SMILES string of the molecule is Cc1cc(OCc2ccc(-c3ccccc3-c3nn[nH]n3)cc2)c2ccncc2n1. The molecule has 1 N–H and O–H groups in total. The van der Waals surface area contributed by atoms with Gasteiger partial charge in [-0.25, -0.2) is 0 Å². The molecule has 0 amide bonds. The van der Waals surface area contributed by atoms with E-state index in [0.29, 0.717) is 12.4 Å². The molecule has 0 spiro atoms. The maximum absolute atomic E-state index is 6.11. The van der Waals surface area contributed by atoms with Gasteiger partial charge in [0.1, 0.15) is 12.4 Å². The van der Waals surface area contributed by atoms with Crippen LogP contribution in [0.25, 0.3) is 33.4 Å². The van der Waals surface area contributed by atoms with Gasteiger partial charge in [-0.3, -0.25) is 9.97 Å². The highest BCUT2D eigenvalue weighted by Gasteiger charge is 2.11. The summed E-state index contributed by atoms with van der Waals surface area (Å²) in [6.07, 6.45) is 3.51. The highest BCUT2D eigenvalue weighted by Crippen LogP contribution is 2.30. The molecule has 0 aliphatic heterocycles. The Balaban J connectivity index is 1.39. The minimum Gasteiger partial charge on any atom is -0.488 e. The molecule has 2 aromatic carbocycles. The lowest BCUT2D eigenvalue weighted by Crippen LogP contribution is -1.98. The largest absolute Gasteiger partial charge is 0.488 e. The lowest BCUT2D eigenvalue weighted by Gasteiger charge is -2.11. The van der Waals surface area contributed by atoms with E-state index in [9.17, 15) is 0 Å². The number of hydrogen-bond acceptors (Lipinski definition) is 6. The normalized spacial score (nSPS) is 11.0. The van der Waals surface area contributed by atoms with Gasteiger partial charge in [0.15, 0.2) is 0 Å². The molecule has 7 nitrogen and oxygen atoms in total. The fraction of sp³-hybridized carbons (Fsp3) is 0.0870. The van der Waals surface area contributed by atoms with Gasteiger partial charge >= 0.3 is 0 Å². The predicted octanol–water partition coefficient (Wildman–Crippen LogP) is 4.36. The molecule has 0 saturated carbocycles. The van der Waals surface area contributed by atoms with Crippen LogP contribution in [-0.2, 0) is 6.61 Å². The predicted molar refractivity (Wildman–Crippen MR) is 114 cm³/mol. The molecule has 0 radical (unpaired) electrons. The van der Waals surface area contributed by atoms with Gasteiger partial charge in [-0.15, -0.1) is 10.2 Å². The van der Waals surface area contributed by atoms with E-state index in [0.717, 1.165) is 44.6 Å². The van der Waals surface area contributed by atoms with Crippen molar-refractivity contribution in [2.45, 2.75) is 13.5 Å². The quantitative estimate of drug-likeness (QED) is 0.476. The van der Waals surface area contributed by atoms with Crippen molar-refractivity contribution < 1.29 is 4.74 Å². The van der Waals surface area contributed by atoms with Crippen LogP contribution in [0.15, 0.2) is 73.1 Å². The Morgan fingerprint density at radius 3 is 2.60 bits per heavy atom. The van der Waals surface area contributed by atoms with E-state index in [1.54, 1.807) is 12.4 Å². The molecule has 7 heteroatoms. The van der Waals surface area contributed by atoms with Crippen LogP contribution in [0.4, 0.5) is 0 Å². The third-order valence-corrected chi connectivity index (χ3v) is 4.87. The molecule has 0 fully saturated rings. The Kier molecular flexibility index (Phi) is 4.61. The van der Waals surface area contributed by atoms with Gasteiger partial charge in [0.2, 0.25) is 5.82 Å². The van der Waals surface area contributed by atoms with Crippen LogP contribution in [0.1, 0.15) is 11.3 Å². The summed E-state index contributed by atoms with van der Waals surface area (Å²) in [5, 5.41) is 15.4. The van der Waals surface area contributed by atoms with Crippen molar-refractivity contribution in [3.05, 3.63) is 84.3 Å². The minimum atomic E-state index is 0.466. The number of aryl methyl sites for hydroxylation is 1. The smallest absolute Gasteiger partial charge is 0.205 e. The summed E-state index contributed by atoms with van der Waals surface area (Å²) < 4.78 is 6.11. The molecular weight excluding hydrogens is 376 g/mol. The number of aromatic amines is 1. The Hall–Kier alpha value is -4.13. The van der Waals surface area contributed by atoms with Gasteiger partial charge in [0.05, 0.1) is 11.7 Å². The van der Waals surface area contributed by atoms with E-state index in [2.05, 4.69) is 60.9 Å². The van der Waals surface area contributed by atoms with Crippen molar-refractivity contribution in [1.82, 2.24) is 30.6 Å². The van der Waals surface area contributed by atoms with Crippen LogP contribution in [0.3, 0.4) is 0 Å². The first-order valence-electron chi connectivity index (χ1n) is 9.54. The molecule has 5 rings (SSSR count). The second-order valence-corrected chi connectivity index (χ2v) is 6.92. The van der Waals surface area contributed by atoms with Crippen LogP contribution in [0.5, 0.6) is 5.75 Å². The van der Waals surface area contributed by atoms with Gasteiger partial charge in [-0.1, -0.05) is 48.5 Å². The lowest BCUT2D eigenvalue weighted by atomic mass is 9.98. The molecule has 30 heavy (non-hydrogen) atoms. The van der Waals surface area contributed by atoms with Gasteiger partial charge in [0.25, 0.3) is 0 Å². The molecule has 146 valence electrons. The number of nitrogens with zero attached hydrogens (tertiary/aromatic N) is 5. The maximum atomic E-state index is 6.11. The highest BCUT2D eigenvalue weighted by atomic mass is 16.5. The van der Waals surface area contributed by atoms with Gasteiger partial charge in [-0.2, -0.15) is 5.21 Å². The number of hydrogen-bond donors (Lipinski definition) is 1. The molecule has 5 aromatic rings. The zero-order chi connectivity index (χ0) is 20.3. The topological polar surface area (TPSA) is 89.5 Å². The first-order chi connectivity index (χ1) is 14.8. The number of aromatic nitrogens is 6. The summed E-state index contributed by atoms with van der Waals surface area (Å²) in [5.74, 6) is 1.39. The number of ether oxygens (including phenoxy) is 1. The van der Waals surface area contributed by atoms with E-state index in [4.69, 9.17) is 4.74 Å². The molecule has 3 aromatic heterocycles. The van der Waals surface area contributed by atoms with Crippen LogP contribution in [0, 0.1) is 6.92 Å². The average molecular weight is 394 g/mol. The number of fused-ring (bicyclic) bond motifs is 1. The Bertz CT molecular complexity index is 1300. The first-order valence-corrected chi connectivity index (χ1v) is 9.54. The lowest BCUT2D eigenvalue weighted by molar-refractivity contribution is 0.309. The van der Waals surface area contributed by atoms with Crippen LogP contribution in [-0.4, -0.2) is 30.6 Å². The van der Waals surface area contributed by atoms with Gasteiger partial charge in [-0.05, 0) is 34.9 Å². The summed E-state index contributed by atoms with van der Waals surface area (Å²) in [6, 6.07) is 20.2. The second kappa shape index (κ2) is 7.71. The molecular formula is C23H18N6O. The maximum Gasteiger partial charge on any atom is 0.205 e. The van der Waals surface area contributed by atoms with Crippen LogP contribution in [0.2, 0.25) is 0 Å². The van der Waals surface area contributed by atoms with E-state index in [1.807, 2.05) is 37.3 Å². The summed E-state index contributed by atoms with van der Waals surface area (Å²) in [4.78, 5) is 8.65. The second-order valence-electron chi connectivity index (χ2n) is 6.92.